The van der Waals surface area contributed by atoms with Crippen molar-refractivity contribution in [1.29, 1.82) is 5.26 Å². The summed E-state index contributed by atoms with van der Waals surface area (Å²) in [6.45, 7) is 3.88. The Hall–Kier alpha value is -4.06. The van der Waals surface area contributed by atoms with Crippen LogP contribution < -0.4 is 15.4 Å². The number of nitrogens with zero attached hydrogens (tertiary/aromatic N) is 3. The molecule has 2 N–H and O–H groups in total. The molecule has 1 fully saturated rings. The number of halogens is 2. The number of hydrogen-bond donors (Lipinski definition) is 1. The molecule has 8 heteroatoms. The summed E-state index contributed by atoms with van der Waals surface area (Å²) < 4.78 is 40.1. The van der Waals surface area contributed by atoms with E-state index in [0.29, 0.717) is 23.5 Å². The van der Waals surface area contributed by atoms with Gasteiger partial charge in [0.1, 0.15) is 30.1 Å². The van der Waals surface area contributed by atoms with E-state index >= 15 is 0 Å². The third-order valence-corrected chi connectivity index (χ3v) is 7.07. The Balaban J connectivity index is 1.73. The molecule has 0 radical (unpaired) electrons. The molecule has 1 aliphatic heterocycles. The first-order valence-electron chi connectivity index (χ1n) is 12.9. The van der Waals surface area contributed by atoms with Gasteiger partial charge in [0.15, 0.2) is 0 Å². The second-order valence-electron chi connectivity index (χ2n) is 9.88. The number of aryl methyl sites for hydroxylation is 1. The third-order valence-electron chi connectivity index (χ3n) is 7.07. The summed E-state index contributed by atoms with van der Waals surface area (Å²) in [4.78, 5) is 6.98. The van der Waals surface area contributed by atoms with Gasteiger partial charge in [-0.1, -0.05) is 12.1 Å². The van der Waals surface area contributed by atoms with Crippen molar-refractivity contribution in [2.45, 2.75) is 25.8 Å². The summed E-state index contributed by atoms with van der Waals surface area (Å²) >= 11 is 0. The zero-order valence-corrected chi connectivity index (χ0v) is 22.0. The maximum absolute atomic E-state index is 14.7. The Morgan fingerprint density at radius 3 is 2.49 bits per heavy atom. The average molecular weight is 529 g/mol. The zero-order chi connectivity index (χ0) is 27.5. The Labute approximate surface area is 226 Å². The highest BCUT2D eigenvalue weighted by Crippen LogP contribution is 2.41. The molecular weight excluding hydrogens is 498 g/mol. The molecule has 0 bridgehead atoms. The SMILES string of the molecule is COCCOc1c(C#N)cc(F)cc1-c1ccc2ncc(-c3cc(C)cc(F)c3)c(N3CCC(N)CC3)c2c1. The first kappa shape index (κ1) is 26.5. The number of piperidine rings is 1. The summed E-state index contributed by atoms with van der Waals surface area (Å²) in [7, 11) is 1.56. The number of nitriles is 1. The van der Waals surface area contributed by atoms with Gasteiger partial charge in [0.05, 0.1) is 23.4 Å². The second kappa shape index (κ2) is 11.4. The van der Waals surface area contributed by atoms with Crippen LogP contribution in [0.25, 0.3) is 33.2 Å². The van der Waals surface area contributed by atoms with E-state index < -0.39 is 5.82 Å². The maximum Gasteiger partial charge on any atom is 0.145 e. The molecule has 1 aromatic heterocycles. The van der Waals surface area contributed by atoms with Gasteiger partial charge >= 0.3 is 0 Å². The van der Waals surface area contributed by atoms with Gasteiger partial charge in [0.25, 0.3) is 0 Å². The summed E-state index contributed by atoms with van der Waals surface area (Å²) in [5.74, 6) is -0.550. The van der Waals surface area contributed by atoms with Gasteiger partial charge in [0, 0.05) is 49.0 Å². The van der Waals surface area contributed by atoms with E-state index in [1.54, 1.807) is 13.3 Å². The summed E-state index contributed by atoms with van der Waals surface area (Å²) in [6.07, 6.45) is 3.45. The molecule has 0 spiro atoms. The fourth-order valence-corrected chi connectivity index (χ4v) is 5.19. The predicted molar refractivity (Wildman–Crippen MR) is 149 cm³/mol. The number of rotatable bonds is 7. The van der Waals surface area contributed by atoms with E-state index in [1.807, 2.05) is 37.3 Å². The van der Waals surface area contributed by atoms with Crippen molar-refractivity contribution in [2.75, 3.05) is 38.3 Å². The number of aromatic nitrogens is 1. The number of methoxy groups -OCH3 is 1. The summed E-state index contributed by atoms with van der Waals surface area (Å²) in [5, 5.41) is 10.5. The van der Waals surface area contributed by atoms with E-state index in [9.17, 15) is 14.0 Å². The molecular formula is C31H30F2N4O2. The third kappa shape index (κ3) is 5.56. The van der Waals surface area contributed by atoms with Gasteiger partial charge in [-0.15, -0.1) is 0 Å². The van der Waals surface area contributed by atoms with Crippen LogP contribution >= 0.6 is 0 Å². The van der Waals surface area contributed by atoms with E-state index in [0.717, 1.165) is 59.2 Å². The molecule has 0 aliphatic carbocycles. The highest BCUT2D eigenvalue weighted by atomic mass is 19.1. The van der Waals surface area contributed by atoms with E-state index in [4.69, 9.17) is 20.2 Å². The minimum absolute atomic E-state index is 0.105. The number of ether oxygens (including phenoxy) is 2. The molecule has 200 valence electrons. The van der Waals surface area contributed by atoms with Crippen LogP contribution in [0, 0.1) is 29.9 Å². The van der Waals surface area contributed by atoms with Crippen LogP contribution in [0.2, 0.25) is 0 Å². The number of benzene rings is 3. The van der Waals surface area contributed by atoms with Gasteiger partial charge in [-0.25, -0.2) is 8.78 Å². The van der Waals surface area contributed by atoms with Gasteiger partial charge in [0.2, 0.25) is 0 Å². The lowest BCUT2D eigenvalue weighted by atomic mass is 9.95. The number of hydrogen-bond acceptors (Lipinski definition) is 6. The van der Waals surface area contributed by atoms with Crippen LogP contribution in [0.5, 0.6) is 5.75 Å². The smallest absolute Gasteiger partial charge is 0.145 e. The molecule has 0 unspecified atom stereocenters. The van der Waals surface area contributed by atoms with Crippen molar-refractivity contribution in [3.8, 4) is 34.1 Å². The Kier molecular flexibility index (Phi) is 7.73. The topological polar surface area (TPSA) is 84.4 Å². The number of fused-ring (bicyclic) bond motifs is 1. The fraction of sp³-hybridized carbons (Fsp3) is 0.290. The molecule has 1 saturated heterocycles. The second-order valence-corrected chi connectivity index (χ2v) is 9.88. The van der Waals surface area contributed by atoms with Crippen molar-refractivity contribution in [3.05, 3.63) is 77.5 Å². The molecule has 0 saturated carbocycles. The lowest BCUT2D eigenvalue weighted by Gasteiger charge is -2.34. The molecule has 6 nitrogen and oxygen atoms in total. The van der Waals surface area contributed by atoms with Crippen LogP contribution in [0.3, 0.4) is 0 Å². The number of pyridine rings is 1. The molecule has 1 aliphatic rings. The quantitative estimate of drug-likeness (QED) is 0.297. The van der Waals surface area contributed by atoms with Crippen LogP contribution in [0.15, 0.2) is 54.7 Å². The highest BCUT2D eigenvalue weighted by Gasteiger charge is 2.23. The fourth-order valence-electron chi connectivity index (χ4n) is 5.19. The molecule has 2 heterocycles. The zero-order valence-electron chi connectivity index (χ0n) is 22.0. The lowest BCUT2D eigenvalue weighted by molar-refractivity contribution is 0.146. The van der Waals surface area contributed by atoms with Crippen molar-refractivity contribution in [2.24, 2.45) is 5.73 Å². The van der Waals surface area contributed by atoms with Gasteiger partial charge < -0.3 is 20.1 Å². The predicted octanol–water partition coefficient (Wildman–Crippen LogP) is 5.98. The molecule has 39 heavy (non-hydrogen) atoms. The van der Waals surface area contributed by atoms with Crippen LogP contribution in [-0.4, -0.2) is 44.4 Å². The van der Waals surface area contributed by atoms with Crippen LogP contribution in [0.4, 0.5) is 14.5 Å². The molecule has 0 amide bonds. The first-order valence-corrected chi connectivity index (χ1v) is 12.9. The Morgan fingerprint density at radius 2 is 1.77 bits per heavy atom. The Morgan fingerprint density at radius 1 is 1.00 bits per heavy atom. The van der Waals surface area contributed by atoms with Crippen molar-refractivity contribution in [3.63, 3.8) is 0 Å². The van der Waals surface area contributed by atoms with Crippen molar-refractivity contribution >= 4 is 16.6 Å². The van der Waals surface area contributed by atoms with Crippen LogP contribution in [0.1, 0.15) is 24.0 Å². The first-order chi connectivity index (χ1) is 18.9. The van der Waals surface area contributed by atoms with E-state index in [-0.39, 0.29) is 24.0 Å². The van der Waals surface area contributed by atoms with Crippen LogP contribution in [-0.2, 0) is 4.74 Å². The largest absolute Gasteiger partial charge is 0.489 e. The minimum atomic E-state index is -0.534. The maximum atomic E-state index is 14.7. The van der Waals surface area contributed by atoms with E-state index in [2.05, 4.69) is 4.90 Å². The highest BCUT2D eigenvalue weighted by molar-refractivity contribution is 6.02. The summed E-state index contributed by atoms with van der Waals surface area (Å²) in [5.41, 5.74) is 11.5. The normalized spacial score (nSPS) is 14.0. The Bertz CT molecular complexity index is 1540. The number of anilines is 1. The summed E-state index contributed by atoms with van der Waals surface area (Å²) in [6, 6.07) is 15.3. The van der Waals surface area contributed by atoms with Gasteiger partial charge in [-0.05, 0) is 72.9 Å². The van der Waals surface area contributed by atoms with Crippen molar-refractivity contribution in [1.82, 2.24) is 4.98 Å². The minimum Gasteiger partial charge on any atom is -0.489 e. The standard InChI is InChI=1S/C31H30F2N4O2/c1-19-11-21(13-23(32)12-19)28-18-36-29-4-3-20(15-27(29)30(28)37-7-5-25(35)6-8-37)26-16-24(33)14-22(17-34)31(26)39-10-9-38-2/h3-4,11-16,18,25H,5-10,35H2,1-2H3. The molecule has 0 atom stereocenters. The van der Waals surface area contributed by atoms with Crippen molar-refractivity contribution < 1.29 is 18.3 Å². The number of nitrogens with two attached hydrogens (primary N) is 1. The lowest BCUT2D eigenvalue weighted by Crippen LogP contribution is -2.40. The van der Waals surface area contributed by atoms with Gasteiger partial charge in [-0.3, -0.25) is 4.98 Å². The molecule has 3 aromatic carbocycles. The monoisotopic (exact) mass is 528 g/mol. The van der Waals surface area contributed by atoms with E-state index in [1.165, 1.54) is 24.3 Å². The molecule has 5 rings (SSSR count). The average Bonchev–Trinajstić information content (AvgIpc) is 2.92. The van der Waals surface area contributed by atoms with Gasteiger partial charge in [-0.2, -0.15) is 5.26 Å². The molecule has 4 aromatic rings.